The van der Waals surface area contributed by atoms with Crippen LogP contribution in [0.4, 0.5) is 5.69 Å². The molecule has 1 aromatic heterocycles. The molecule has 30 heavy (non-hydrogen) atoms. The van der Waals surface area contributed by atoms with E-state index in [-0.39, 0.29) is 17.7 Å². The lowest BCUT2D eigenvalue weighted by atomic mass is 9.94. The molecule has 1 fully saturated rings. The van der Waals surface area contributed by atoms with Gasteiger partial charge in [0, 0.05) is 37.3 Å². The number of carbonyl (C=O) groups is 1. The zero-order chi connectivity index (χ0) is 21.3. The van der Waals surface area contributed by atoms with Crippen LogP contribution in [0.25, 0.3) is 11.1 Å². The zero-order valence-corrected chi connectivity index (χ0v) is 18.2. The SMILES string of the molecule is CCS(=O)(=O)N1CCC[C@H]1COc1cncc(-c2cccc3c2N(C)C(=O)CC3)c1. The smallest absolute Gasteiger partial charge is 0.227 e. The summed E-state index contributed by atoms with van der Waals surface area (Å²) in [4.78, 5) is 18.3. The van der Waals surface area contributed by atoms with E-state index in [1.807, 2.05) is 18.2 Å². The molecule has 1 aromatic carbocycles. The molecule has 3 heterocycles. The summed E-state index contributed by atoms with van der Waals surface area (Å²) in [6.07, 6.45) is 6.31. The Labute approximate surface area is 177 Å². The molecule has 0 saturated carbocycles. The fraction of sp³-hybridized carbons (Fsp3) is 0.455. The number of anilines is 1. The van der Waals surface area contributed by atoms with Crippen LogP contribution >= 0.6 is 0 Å². The molecule has 160 valence electrons. The van der Waals surface area contributed by atoms with E-state index in [2.05, 4.69) is 11.1 Å². The number of aromatic nitrogens is 1. The zero-order valence-electron chi connectivity index (χ0n) is 17.4. The second-order valence-corrected chi connectivity index (χ2v) is 10.0. The summed E-state index contributed by atoms with van der Waals surface area (Å²) in [6, 6.07) is 7.80. The standard InChI is InChI=1S/C22H27N3O4S/c1-3-30(27,28)25-11-5-7-18(25)15-29-19-12-17(13-23-14-19)20-8-4-6-16-9-10-21(26)24(2)22(16)20/h4,6,8,12-14,18H,3,5,7,9-11,15H2,1-2H3/t18-/m0/s1. The quantitative estimate of drug-likeness (QED) is 0.705. The van der Waals surface area contributed by atoms with Crippen LogP contribution in [0.5, 0.6) is 5.75 Å². The first-order valence-corrected chi connectivity index (χ1v) is 12.0. The van der Waals surface area contributed by atoms with Gasteiger partial charge in [-0.3, -0.25) is 9.78 Å². The molecule has 0 radical (unpaired) electrons. The number of amides is 1. The molecule has 2 aliphatic rings. The predicted molar refractivity (Wildman–Crippen MR) is 116 cm³/mol. The average Bonchev–Trinajstić information content (AvgIpc) is 3.24. The number of aryl methyl sites for hydroxylation is 1. The number of para-hydroxylation sites is 1. The Morgan fingerprint density at radius 3 is 2.87 bits per heavy atom. The van der Waals surface area contributed by atoms with E-state index in [0.29, 0.717) is 25.3 Å². The highest BCUT2D eigenvalue weighted by Gasteiger charge is 2.33. The first-order chi connectivity index (χ1) is 14.4. The fourth-order valence-electron chi connectivity index (χ4n) is 4.30. The number of hydrogen-bond donors (Lipinski definition) is 0. The van der Waals surface area contributed by atoms with Crippen LogP contribution in [0.3, 0.4) is 0 Å². The third kappa shape index (κ3) is 3.94. The number of hydrogen-bond acceptors (Lipinski definition) is 5. The van der Waals surface area contributed by atoms with Crippen molar-refractivity contribution in [2.75, 3.05) is 30.9 Å². The third-order valence-corrected chi connectivity index (χ3v) is 7.87. The van der Waals surface area contributed by atoms with Crippen LogP contribution in [0.15, 0.2) is 36.7 Å². The number of pyridine rings is 1. The van der Waals surface area contributed by atoms with E-state index in [0.717, 1.165) is 41.6 Å². The number of sulfonamides is 1. The summed E-state index contributed by atoms with van der Waals surface area (Å²) < 4.78 is 32.1. The molecule has 8 heteroatoms. The molecule has 4 rings (SSSR count). The highest BCUT2D eigenvalue weighted by molar-refractivity contribution is 7.89. The van der Waals surface area contributed by atoms with Crippen molar-refractivity contribution < 1.29 is 17.9 Å². The Hall–Kier alpha value is -2.45. The van der Waals surface area contributed by atoms with Crippen molar-refractivity contribution in [3.05, 3.63) is 42.2 Å². The molecule has 2 aliphatic heterocycles. The molecule has 1 saturated heterocycles. The normalized spacial score (nSPS) is 19.7. The van der Waals surface area contributed by atoms with Crippen molar-refractivity contribution >= 4 is 21.6 Å². The van der Waals surface area contributed by atoms with Gasteiger partial charge in [0.15, 0.2) is 0 Å². The van der Waals surface area contributed by atoms with Crippen molar-refractivity contribution in [2.24, 2.45) is 0 Å². The van der Waals surface area contributed by atoms with Crippen molar-refractivity contribution in [1.29, 1.82) is 0 Å². The first-order valence-electron chi connectivity index (χ1n) is 10.4. The molecule has 0 bridgehead atoms. The molecule has 0 unspecified atom stereocenters. The Kier molecular flexibility index (Phi) is 5.79. The number of carbonyl (C=O) groups excluding carboxylic acids is 1. The largest absolute Gasteiger partial charge is 0.490 e. The predicted octanol–water partition coefficient (Wildman–Crippen LogP) is 2.85. The maximum absolute atomic E-state index is 12.3. The summed E-state index contributed by atoms with van der Waals surface area (Å²) in [6.45, 7) is 2.52. The van der Waals surface area contributed by atoms with Crippen LogP contribution in [-0.2, 0) is 21.2 Å². The molecule has 1 atom stereocenters. The van der Waals surface area contributed by atoms with Crippen LogP contribution in [-0.4, -0.2) is 55.6 Å². The molecule has 2 aromatic rings. The summed E-state index contributed by atoms with van der Waals surface area (Å²) in [5.41, 5.74) is 3.88. The molecular formula is C22H27N3O4S. The second-order valence-electron chi connectivity index (χ2n) is 7.79. The fourth-order valence-corrected chi connectivity index (χ4v) is 5.66. The maximum atomic E-state index is 12.3. The minimum Gasteiger partial charge on any atom is -0.490 e. The average molecular weight is 430 g/mol. The Balaban J connectivity index is 1.56. The second kappa shape index (κ2) is 8.35. The van der Waals surface area contributed by atoms with Gasteiger partial charge in [0.2, 0.25) is 15.9 Å². The first kappa shape index (κ1) is 20.8. The van der Waals surface area contributed by atoms with E-state index in [4.69, 9.17) is 4.74 Å². The van der Waals surface area contributed by atoms with E-state index in [1.54, 1.807) is 35.6 Å². The third-order valence-electron chi connectivity index (χ3n) is 5.95. The van der Waals surface area contributed by atoms with Gasteiger partial charge in [0.25, 0.3) is 0 Å². The van der Waals surface area contributed by atoms with Gasteiger partial charge in [-0.1, -0.05) is 18.2 Å². The molecule has 7 nitrogen and oxygen atoms in total. The van der Waals surface area contributed by atoms with E-state index < -0.39 is 10.0 Å². The van der Waals surface area contributed by atoms with Gasteiger partial charge in [-0.2, -0.15) is 4.31 Å². The lowest BCUT2D eigenvalue weighted by Gasteiger charge is -2.28. The van der Waals surface area contributed by atoms with E-state index in [1.165, 1.54) is 0 Å². The topological polar surface area (TPSA) is 79.8 Å². The van der Waals surface area contributed by atoms with Gasteiger partial charge in [-0.25, -0.2) is 8.42 Å². The summed E-state index contributed by atoms with van der Waals surface area (Å²) in [5, 5.41) is 0. The van der Waals surface area contributed by atoms with Crippen molar-refractivity contribution in [2.45, 2.75) is 38.6 Å². The van der Waals surface area contributed by atoms with Crippen LogP contribution in [0, 0.1) is 0 Å². The lowest BCUT2D eigenvalue weighted by molar-refractivity contribution is -0.118. The highest BCUT2D eigenvalue weighted by Crippen LogP contribution is 2.37. The minimum absolute atomic E-state index is 0.103. The monoisotopic (exact) mass is 429 g/mol. The summed E-state index contributed by atoms with van der Waals surface area (Å²) >= 11 is 0. The van der Waals surface area contributed by atoms with Crippen molar-refractivity contribution in [1.82, 2.24) is 9.29 Å². The van der Waals surface area contributed by atoms with E-state index >= 15 is 0 Å². The minimum atomic E-state index is -3.22. The maximum Gasteiger partial charge on any atom is 0.227 e. The Morgan fingerprint density at radius 1 is 1.23 bits per heavy atom. The lowest BCUT2D eigenvalue weighted by Crippen LogP contribution is -2.39. The van der Waals surface area contributed by atoms with Gasteiger partial charge >= 0.3 is 0 Å². The summed E-state index contributed by atoms with van der Waals surface area (Å²) in [5.74, 6) is 0.802. The number of benzene rings is 1. The summed E-state index contributed by atoms with van der Waals surface area (Å²) in [7, 11) is -1.42. The molecular weight excluding hydrogens is 402 g/mol. The van der Waals surface area contributed by atoms with Crippen molar-refractivity contribution in [3.63, 3.8) is 0 Å². The number of ether oxygens (including phenoxy) is 1. The Morgan fingerprint density at radius 2 is 2.07 bits per heavy atom. The van der Waals surface area contributed by atoms with Gasteiger partial charge in [-0.05, 0) is 37.8 Å². The van der Waals surface area contributed by atoms with Crippen LogP contribution < -0.4 is 9.64 Å². The molecule has 0 aliphatic carbocycles. The number of rotatable bonds is 6. The molecule has 1 amide bonds. The van der Waals surface area contributed by atoms with Crippen molar-refractivity contribution in [3.8, 4) is 16.9 Å². The van der Waals surface area contributed by atoms with Crippen LogP contribution in [0.2, 0.25) is 0 Å². The van der Waals surface area contributed by atoms with Gasteiger partial charge in [0.05, 0.1) is 23.7 Å². The number of fused-ring (bicyclic) bond motifs is 1. The molecule has 0 spiro atoms. The van der Waals surface area contributed by atoms with Gasteiger partial charge < -0.3 is 9.64 Å². The Bertz CT molecular complexity index is 1050. The van der Waals surface area contributed by atoms with Gasteiger partial charge in [0.1, 0.15) is 12.4 Å². The van der Waals surface area contributed by atoms with Gasteiger partial charge in [-0.15, -0.1) is 0 Å². The van der Waals surface area contributed by atoms with Crippen LogP contribution in [0.1, 0.15) is 31.7 Å². The highest BCUT2D eigenvalue weighted by atomic mass is 32.2. The van der Waals surface area contributed by atoms with E-state index in [9.17, 15) is 13.2 Å². The molecule has 0 N–H and O–H groups in total. The number of nitrogens with zero attached hydrogens (tertiary/aromatic N) is 3.